The summed E-state index contributed by atoms with van der Waals surface area (Å²) in [5, 5.41) is 12.5. The predicted octanol–water partition coefficient (Wildman–Crippen LogP) is 2.24. The average molecular weight is 319 g/mol. The predicted molar refractivity (Wildman–Crippen MR) is 87.3 cm³/mol. The van der Waals surface area contributed by atoms with Gasteiger partial charge in [0.1, 0.15) is 0 Å². The van der Waals surface area contributed by atoms with Crippen LogP contribution in [0.2, 0.25) is 0 Å². The third kappa shape index (κ3) is 3.47. The minimum absolute atomic E-state index is 0.103. The van der Waals surface area contributed by atoms with Crippen LogP contribution in [0.15, 0.2) is 23.4 Å². The van der Waals surface area contributed by atoms with E-state index in [-0.39, 0.29) is 5.91 Å². The lowest BCUT2D eigenvalue weighted by Crippen LogP contribution is -2.31. The number of para-hydroxylation sites is 1. The first-order valence-electron chi connectivity index (χ1n) is 7.34. The highest BCUT2D eigenvalue weighted by molar-refractivity contribution is 7.99. The fourth-order valence-corrected chi connectivity index (χ4v) is 3.12. The second kappa shape index (κ2) is 7.40. The molecule has 0 aliphatic rings. The van der Waals surface area contributed by atoms with E-state index in [4.69, 9.17) is 0 Å². The van der Waals surface area contributed by atoms with Gasteiger partial charge >= 0.3 is 0 Å². The van der Waals surface area contributed by atoms with Crippen LogP contribution in [0.25, 0.3) is 5.69 Å². The molecule has 0 N–H and O–H groups in total. The van der Waals surface area contributed by atoms with Gasteiger partial charge in [-0.1, -0.05) is 30.0 Å². The fourth-order valence-electron chi connectivity index (χ4n) is 2.34. The van der Waals surface area contributed by atoms with Gasteiger partial charge in [0.05, 0.1) is 11.4 Å². The Bertz CT molecular complexity index is 631. The lowest BCUT2D eigenvalue weighted by atomic mass is 10.1. The van der Waals surface area contributed by atoms with E-state index >= 15 is 0 Å². The molecule has 0 unspecified atom stereocenters. The van der Waals surface area contributed by atoms with Gasteiger partial charge in [-0.3, -0.25) is 4.79 Å². The van der Waals surface area contributed by atoms with Crippen molar-refractivity contribution in [1.29, 1.82) is 0 Å². The Morgan fingerprint density at radius 2 is 1.86 bits per heavy atom. The summed E-state index contributed by atoms with van der Waals surface area (Å²) in [6, 6.07) is 6.06. The number of benzene rings is 1. The summed E-state index contributed by atoms with van der Waals surface area (Å²) >= 11 is 1.37. The van der Waals surface area contributed by atoms with Gasteiger partial charge in [-0.05, 0) is 49.2 Å². The van der Waals surface area contributed by atoms with Gasteiger partial charge in [0.2, 0.25) is 11.1 Å². The van der Waals surface area contributed by atoms with Crippen LogP contribution in [0.4, 0.5) is 0 Å². The van der Waals surface area contributed by atoms with Gasteiger partial charge < -0.3 is 4.90 Å². The molecular formula is C15H21N5OS. The molecular weight excluding hydrogens is 298 g/mol. The molecule has 0 saturated heterocycles. The van der Waals surface area contributed by atoms with E-state index in [9.17, 15) is 4.79 Å². The second-order valence-corrected chi connectivity index (χ2v) is 5.91. The number of aryl methyl sites for hydroxylation is 2. The average Bonchev–Trinajstić information content (AvgIpc) is 2.94. The molecule has 118 valence electrons. The Hall–Kier alpha value is -1.89. The van der Waals surface area contributed by atoms with Crippen molar-refractivity contribution in [1.82, 2.24) is 25.1 Å². The van der Waals surface area contributed by atoms with E-state index < -0.39 is 0 Å². The summed E-state index contributed by atoms with van der Waals surface area (Å²) in [6.45, 7) is 9.45. The Balaban J connectivity index is 2.19. The zero-order valence-corrected chi connectivity index (χ0v) is 14.2. The number of rotatable bonds is 6. The maximum absolute atomic E-state index is 12.1. The van der Waals surface area contributed by atoms with Crippen molar-refractivity contribution in [2.24, 2.45) is 0 Å². The fraction of sp³-hybridized carbons (Fsp3) is 0.467. The lowest BCUT2D eigenvalue weighted by Gasteiger charge is -2.18. The SMILES string of the molecule is CCN(CC)C(=O)CSc1nnnn1-c1c(C)cccc1C. The quantitative estimate of drug-likeness (QED) is 0.764. The van der Waals surface area contributed by atoms with Crippen molar-refractivity contribution in [3.63, 3.8) is 0 Å². The number of amides is 1. The highest BCUT2D eigenvalue weighted by Gasteiger charge is 2.16. The van der Waals surface area contributed by atoms with Crippen molar-refractivity contribution < 1.29 is 4.79 Å². The van der Waals surface area contributed by atoms with Crippen molar-refractivity contribution in [2.75, 3.05) is 18.8 Å². The van der Waals surface area contributed by atoms with Gasteiger partial charge in [0.25, 0.3) is 0 Å². The number of carbonyl (C=O) groups is 1. The molecule has 0 atom stereocenters. The van der Waals surface area contributed by atoms with E-state index in [2.05, 4.69) is 15.5 Å². The van der Waals surface area contributed by atoms with E-state index in [0.717, 1.165) is 29.9 Å². The smallest absolute Gasteiger partial charge is 0.233 e. The lowest BCUT2D eigenvalue weighted by molar-refractivity contribution is -0.127. The molecule has 2 aromatic rings. The number of aromatic nitrogens is 4. The minimum Gasteiger partial charge on any atom is -0.343 e. The molecule has 0 bridgehead atoms. The minimum atomic E-state index is 0.103. The first-order valence-corrected chi connectivity index (χ1v) is 8.32. The van der Waals surface area contributed by atoms with Crippen molar-refractivity contribution in [3.8, 4) is 5.69 Å². The van der Waals surface area contributed by atoms with Crippen LogP contribution in [0.1, 0.15) is 25.0 Å². The number of hydrogen-bond donors (Lipinski definition) is 0. The van der Waals surface area contributed by atoms with E-state index in [1.807, 2.05) is 45.9 Å². The molecule has 1 heterocycles. The Morgan fingerprint density at radius 3 is 2.45 bits per heavy atom. The molecule has 7 heteroatoms. The van der Waals surface area contributed by atoms with Crippen LogP contribution in [-0.4, -0.2) is 49.9 Å². The first-order chi connectivity index (χ1) is 10.6. The third-order valence-corrected chi connectivity index (χ3v) is 4.44. The molecule has 0 aliphatic heterocycles. The standard InChI is InChI=1S/C15H21N5OS/c1-5-19(6-2)13(21)10-22-15-16-17-18-20(15)14-11(3)8-7-9-12(14)4/h7-9H,5-6,10H2,1-4H3. The number of tetrazole rings is 1. The highest BCUT2D eigenvalue weighted by Crippen LogP contribution is 2.23. The van der Waals surface area contributed by atoms with Gasteiger partial charge in [0.15, 0.2) is 0 Å². The molecule has 0 aliphatic carbocycles. The van der Waals surface area contributed by atoms with E-state index in [1.165, 1.54) is 11.8 Å². The molecule has 0 spiro atoms. The van der Waals surface area contributed by atoms with Crippen LogP contribution in [-0.2, 0) is 4.79 Å². The molecule has 22 heavy (non-hydrogen) atoms. The molecule has 1 aromatic carbocycles. The van der Waals surface area contributed by atoms with Crippen LogP contribution < -0.4 is 0 Å². The molecule has 2 rings (SSSR count). The van der Waals surface area contributed by atoms with Gasteiger partial charge in [0, 0.05) is 13.1 Å². The number of carbonyl (C=O) groups excluding carboxylic acids is 1. The highest BCUT2D eigenvalue weighted by atomic mass is 32.2. The van der Waals surface area contributed by atoms with E-state index in [1.54, 1.807) is 9.58 Å². The largest absolute Gasteiger partial charge is 0.343 e. The van der Waals surface area contributed by atoms with Crippen LogP contribution in [0.5, 0.6) is 0 Å². The summed E-state index contributed by atoms with van der Waals surface area (Å²) in [5.74, 6) is 0.443. The van der Waals surface area contributed by atoms with Gasteiger partial charge in [-0.2, -0.15) is 4.68 Å². The molecule has 1 aromatic heterocycles. The summed E-state index contributed by atoms with van der Waals surface area (Å²) < 4.78 is 1.71. The van der Waals surface area contributed by atoms with Crippen LogP contribution in [0, 0.1) is 13.8 Å². The number of nitrogens with zero attached hydrogens (tertiary/aromatic N) is 5. The summed E-state index contributed by atoms with van der Waals surface area (Å²) in [4.78, 5) is 13.9. The molecule has 6 nitrogen and oxygen atoms in total. The van der Waals surface area contributed by atoms with Gasteiger partial charge in [-0.15, -0.1) is 5.10 Å². The number of hydrogen-bond acceptors (Lipinski definition) is 5. The second-order valence-electron chi connectivity index (χ2n) is 4.97. The monoisotopic (exact) mass is 319 g/mol. The first kappa shape index (κ1) is 16.5. The molecule has 1 amide bonds. The zero-order chi connectivity index (χ0) is 16.1. The Labute approximate surface area is 134 Å². The maximum Gasteiger partial charge on any atom is 0.233 e. The summed E-state index contributed by atoms with van der Waals surface area (Å²) in [5.41, 5.74) is 3.18. The molecule has 0 radical (unpaired) electrons. The maximum atomic E-state index is 12.1. The molecule has 0 saturated carbocycles. The van der Waals surface area contributed by atoms with E-state index in [0.29, 0.717) is 10.9 Å². The normalized spacial score (nSPS) is 10.7. The van der Waals surface area contributed by atoms with Crippen molar-refractivity contribution in [3.05, 3.63) is 29.3 Å². The summed E-state index contributed by atoms with van der Waals surface area (Å²) in [7, 11) is 0. The Kier molecular flexibility index (Phi) is 5.54. The molecule has 0 fully saturated rings. The van der Waals surface area contributed by atoms with Crippen molar-refractivity contribution in [2.45, 2.75) is 32.9 Å². The zero-order valence-electron chi connectivity index (χ0n) is 13.4. The van der Waals surface area contributed by atoms with Crippen LogP contribution >= 0.6 is 11.8 Å². The summed E-state index contributed by atoms with van der Waals surface area (Å²) in [6.07, 6.45) is 0. The van der Waals surface area contributed by atoms with Gasteiger partial charge in [-0.25, -0.2) is 0 Å². The van der Waals surface area contributed by atoms with Crippen LogP contribution in [0.3, 0.4) is 0 Å². The van der Waals surface area contributed by atoms with Crippen molar-refractivity contribution >= 4 is 17.7 Å². The topological polar surface area (TPSA) is 63.9 Å². The number of thioether (sulfide) groups is 1. The third-order valence-electron chi connectivity index (χ3n) is 3.53. The Morgan fingerprint density at radius 1 is 1.23 bits per heavy atom.